The number of benzene rings is 1. The van der Waals surface area contributed by atoms with E-state index < -0.39 is 21.5 Å². The van der Waals surface area contributed by atoms with Crippen molar-refractivity contribution in [1.82, 2.24) is 5.32 Å². The molecular formula is C15H23NO5S. The highest BCUT2D eigenvalue weighted by atomic mass is 32.2. The monoisotopic (exact) mass is 329 g/mol. The van der Waals surface area contributed by atoms with Gasteiger partial charge in [0.2, 0.25) is 0 Å². The van der Waals surface area contributed by atoms with Gasteiger partial charge in [0.15, 0.2) is 9.84 Å². The van der Waals surface area contributed by atoms with Crippen molar-refractivity contribution in [2.45, 2.75) is 37.8 Å². The summed E-state index contributed by atoms with van der Waals surface area (Å²) in [5.41, 5.74) is 0.0314. The Morgan fingerprint density at radius 2 is 1.86 bits per heavy atom. The Bertz CT molecular complexity index is 605. The summed E-state index contributed by atoms with van der Waals surface area (Å²) in [6.45, 7) is 5.50. The standard InChI is InChI=1S/C15H23NO5S/c1-15(2,3)16-14(17)21-11-12-7-5-6-8-13(12)22(18,19)10-9-20-4/h5-8H,9-11H2,1-4H3,(H,16,17). The molecule has 1 rings (SSSR count). The molecule has 7 heteroatoms. The van der Waals surface area contributed by atoms with E-state index in [1.54, 1.807) is 18.2 Å². The Hall–Kier alpha value is -1.60. The van der Waals surface area contributed by atoms with E-state index in [0.717, 1.165) is 0 Å². The summed E-state index contributed by atoms with van der Waals surface area (Å²) in [6.07, 6.45) is -0.586. The van der Waals surface area contributed by atoms with Gasteiger partial charge < -0.3 is 14.8 Å². The number of carbonyl (C=O) groups excluding carboxylic acids is 1. The maximum Gasteiger partial charge on any atom is 0.407 e. The maximum absolute atomic E-state index is 12.2. The number of alkyl carbamates (subject to hydrolysis) is 1. The van der Waals surface area contributed by atoms with Crippen LogP contribution in [-0.4, -0.2) is 39.5 Å². The Kier molecular flexibility index (Phi) is 6.37. The number of hydrogen-bond donors (Lipinski definition) is 1. The van der Waals surface area contributed by atoms with Crippen LogP contribution in [0, 0.1) is 0 Å². The van der Waals surface area contributed by atoms with Gasteiger partial charge in [-0.25, -0.2) is 13.2 Å². The van der Waals surface area contributed by atoms with Gasteiger partial charge in [-0.2, -0.15) is 0 Å². The van der Waals surface area contributed by atoms with Gasteiger partial charge in [-0.1, -0.05) is 18.2 Å². The molecule has 124 valence electrons. The van der Waals surface area contributed by atoms with Crippen LogP contribution in [0.25, 0.3) is 0 Å². The van der Waals surface area contributed by atoms with E-state index in [9.17, 15) is 13.2 Å². The van der Waals surface area contributed by atoms with Crippen LogP contribution in [0.4, 0.5) is 4.79 Å². The number of ether oxygens (including phenoxy) is 2. The molecule has 1 N–H and O–H groups in total. The summed E-state index contributed by atoms with van der Waals surface area (Å²) >= 11 is 0. The first kappa shape index (κ1) is 18.4. The lowest BCUT2D eigenvalue weighted by atomic mass is 10.1. The van der Waals surface area contributed by atoms with Gasteiger partial charge in [0.25, 0.3) is 0 Å². The third-order valence-corrected chi connectivity index (χ3v) is 4.47. The van der Waals surface area contributed by atoms with E-state index in [-0.39, 0.29) is 23.9 Å². The van der Waals surface area contributed by atoms with Crippen LogP contribution in [-0.2, 0) is 25.9 Å². The lowest BCUT2D eigenvalue weighted by Crippen LogP contribution is -2.40. The van der Waals surface area contributed by atoms with Crippen LogP contribution in [0.3, 0.4) is 0 Å². The molecule has 0 aliphatic heterocycles. The zero-order valence-corrected chi connectivity index (χ0v) is 14.2. The Morgan fingerprint density at radius 1 is 1.23 bits per heavy atom. The van der Waals surface area contributed by atoms with Gasteiger partial charge >= 0.3 is 6.09 Å². The van der Waals surface area contributed by atoms with Crippen LogP contribution >= 0.6 is 0 Å². The van der Waals surface area contributed by atoms with Crippen LogP contribution < -0.4 is 5.32 Å². The van der Waals surface area contributed by atoms with E-state index in [2.05, 4.69) is 5.32 Å². The normalized spacial score (nSPS) is 12.0. The van der Waals surface area contributed by atoms with Crippen LogP contribution in [0.1, 0.15) is 26.3 Å². The van der Waals surface area contributed by atoms with Gasteiger partial charge in [0.1, 0.15) is 6.61 Å². The van der Waals surface area contributed by atoms with Crippen LogP contribution in [0.15, 0.2) is 29.2 Å². The molecule has 0 saturated heterocycles. The number of rotatable bonds is 6. The number of nitrogens with one attached hydrogen (secondary N) is 1. The molecule has 0 aliphatic rings. The summed E-state index contributed by atoms with van der Waals surface area (Å²) in [4.78, 5) is 11.8. The molecule has 0 spiro atoms. The zero-order chi connectivity index (χ0) is 16.8. The Labute approximate surface area is 131 Å². The van der Waals surface area contributed by atoms with E-state index in [4.69, 9.17) is 9.47 Å². The van der Waals surface area contributed by atoms with Crippen molar-refractivity contribution in [3.63, 3.8) is 0 Å². The summed E-state index contributed by atoms with van der Waals surface area (Å²) in [7, 11) is -2.03. The van der Waals surface area contributed by atoms with Crippen LogP contribution in [0.5, 0.6) is 0 Å². The van der Waals surface area contributed by atoms with Crippen molar-refractivity contribution in [1.29, 1.82) is 0 Å². The second-order valence-corrected chi connectivity index (χ2v) is 7.95. The third-order valence-electron chi connectivity index (χ3n) is 2.70. The SMILES string of the molecule is COCCS(=O)(=O)c1ccccc1COC(=O)NC(C)(C)C. The minimum atomic E-state index is -3.47. The van der Waals surface area contributed by atoms with Crippen LogP contribution in [0.2, 0.25) is 0 Å². The van der Waals surface area contributed by atoms with Crippen molar-refractivity contribution in [3.8, 4) is 0 Å². The molecule has 22 heavy (non-hydrogen) atoms. The minimum absolute atomic E-state index is 0.107. The smallest absolute Gasteiger partial charge is 0.407 e. The molecule has 0 radical (unpaired) electrons. The first-order valence-corrected chi connectivity index (χ1v) is 8.55. The van der Waals surface area contributed by atoms with Gasteiger partial charge in [-0.05, 0) is 26.8 Å². The molecule has 0 fully saturated rings. The molecule has 0 saturated carbocycles. The van der Waals surface area contributed by atoms with Crippen molar-refractivity contribution in [2.24, 2.45) is 0 Å². The average Bonchev–Trinajstić information content (AvgIpc) is 2.41. The zero-order valence-electron chi connectivity index (χ0n) is 13.4. The third kappa shape index (κ3) is 6.03. The minimum Gasteiger partial charge on any atom is -0.445 e. The largest absolute Gasteiger partial charge is 0.445 e. The molecule has 6 nitrogen and oxygen atoms in total. The predicted molar refractivity (Wildman–Crippen MR) is 83.4 cm³/mol. The first-order valence-electron chi connectivity index (χ1n) is 6.90. The lowest BCUT2D eigenvalue weighted by Gasteiger charge is -2.20. The van der Waals surface area contributed by atoms with Crippen molar-refractivity contribution in [3.05, 3.63) is 29.8 Å². The van der Waals surface area contributed by atoms with Crippen molar-refractivity contribution < 1.29 is 22.7 Å². The molecule has 1 amide bonds. The van der Waals surface area contributed by atoms with E-state index in [1.165, 1.54) is 13.2 Å². The molecule has 0 aliphatic carbocycles. The molecule has 0 unspecified atom stereocenters. The number of methoxy groups -OCH3 is 1. The fourth-order valence-electron chi connectivity index (χ4n) is 1.72. The highest BCUT2D eigenvalue weighted by Crippen LogP contribution is 2.18. The lowest BCUT2D eigenvalue weighted by molar-refractivity contribution is 0.130. The summed E-state index contributed by atoms with van der Waals surface area (Å²) in [5, 5.41) is 2.65. The average molecular weight is 329 g/mol. The van der Waals surface area contributed by atoms with Crippen molar-refractivity contribution in [2.75, 3.05) is 19.5 Å². The van der Waals surface area contributed by atoms with Gasteiger partial charge in [-0.3, -0.25) is 0 Å². The Morgan fingerprint density at radius 3 is 2.45 bits per heavy atom. The quantitative estimate of drug-likeness (QED) is 0.864. The second kappa shape index (κ2) is 7.60. The van der Waals surface area contributed by atoms with E-state index in [1.807, 2.05) is 20.8 Å². The van der Waals surface area contributed by atoms with Gasteiger partial charge in [0.05, 0.1) is 17.3 Å². The highest BCUT2D eigenvalue weighted by Gasteiger charge is 2.20. The van der Waals surface area contributed by atoms with Crippen molar-refractivity contribution >= 4 is 15.9 Å². The predicted octanol–water partition coefficient (Wildman–Crippen LogP) is 2.13. The second-order valence-electron chi connectivity index (χ2n) is 5.87. The number of carbonyl (C=O) groups is 1. The molecule has 0 heterocycles. The Balaban J connectivity index is 2.83. The summed E-state index contributed by atoms with van der Waals surface area (Å²) in [6, 6.07) is 6.48. The fraction of sp³-hybridized carbons (Fsp3) is 0.533. The molecule has 0 bridgehead atoms. The molecule has 0 atom stereocenters. The number of amides is 1. The molecule has 0 aromatic heterocycles. The van der Waals surface area contributed by atoms with Gasteiger partial charge in [-0.15, -0.1) is 0 Å². The molecule has 1 aromatic rings. The topological polar surface area (TPSA) is 81.7 Å². The summed E-state index contributed by atoms with van der Waals surface area (Å²) < 4.78 is 34.4. The fourth-order valence-corrected chi connectivity index (χ4v) is 3.13. The molecule has 1 aromatic carbocycles. The maximum atomic E-state index is 12.2. The number of sulfone groups is 1. The molecular weight excluding hydrogens is 306 g/mol. The highest BCUT2D eigenvalue weighted by molar-refractivity contribution is 7.91. The van der Waals surface area contributed by atoms with E-state index >= 15 is 0 Å². The van der Waals surface area contributed by atoms with Gasteiger partial charge in [0, 0.05) is 18.2 Å². The number of hydrogen-bond acceptors (Lipinski definition) is 5. The summed E-state index contributed by atoms with van der Waals surface area (Å²) in [5.74, 6) is -0.116. The first-order chi connectivity index (χ1) is 10.2. The van der Waals surface area contributed by atoms with E-state index in [0.29, 0.717) is 5.56 Å².